The van der Waals surface area contributed by atoms with E-state index in [9.17, 15) is 14.4 Å². The van der Waals surface area contributed by atoms with Crippen molar-refractivity contribution in [3.63, 3.8) is 0 Å². The molecule has 0 heterocycles. The molecular weight excluding hydrogens is 260 g/mol. The van der Waals surface area contributed by atoms with E-state index < -0.39 is 12.0 Å². The van der Waals surface area contributed by atoms with Gasteiger partial charge in [-0.3, -0.25) is 9.59 Å². The molecule has 1 fully saturated rings. The normalized spacial score (nSPS) is 16.4. The average molecular weight is 282 g/mol. The quantitative estimate of drug-likeness (QED) is 0.575. The molecule has 1 unspecified atom stereocenters. The zero-order chi connectivity index (χ0) is 15.0. The first kappa shape index (κ1) is 16.2. The maximum absolute atomic E-state index is 11.7. The molecule has 112 valence electrons. The minimum atomic E-state index is -1.09. The molecule has 0 radical (unpaired) electrons. The fraction of sp³-hybridized carbons (Fsp3) is 0.643. The second-order valence-corrected chi connectivity index (χ2v) is 5.01. The number of aliphatic carboxylic acids is 1. The van der Waals surface area contributed by atoms with Gasteiger partial charge in [0.2, 0.25) is 11.8 Å². The molecule has 0 saturated heterocycles. The highest BCUT2D eigenvalue weighted by molar-refractivity contribution is 5.84. The Morgan fingerprint density at radius 2 is 1.95 bits per heavy atom. The molecule has 1 aliphatic carbocycles. The fourth-order valence-electron chi connectivity index (χ4n) is 2.29. The lowest BCUT2D eigenvalue weighted by Crippen LogP contribution is -2.42. The van der Waals surface area contributed by atoms with E-state index in [1.807, 2.05) is 0 Å². The van der Waals surface area contributed by atoms with Gasteiger partial charge in [0.05, 0.1) is 0 Å². The summed E-state index contributed by atoms with van der Waals surface area (Å²) in [5.74, 6) is -1.40. The van der Waals surface area contributed by atoms with Gasteiger partial charge in [-0.15, -0.1) is 6.58 Å². The number of nitrogens with one attached hydrogen (secondary N) is 2. The van der Waals surface area contributed by atoms with Crippen molar-refractivity contribution in [2.24, 2.45) is 5.92 Å². The number of amides is 2. The van der Waals surface area contributed by atoms with Crippen LogP contribution in [0.3, 0.4) is 0 Å². The van der Waals surface area contributed by atoms with E-state index in [1.54, 1.807) is 0 Å². The zero-order valence-corrected chi connectivity index (χ0v) is 11.6. The number of carbonyl (C=O) groups excluding carboxylic acids is 2. The molecule has 0 aromatic carbocycles. The van der Waals surface area contributed by atoms with Gasteiger partial charge in [-0.1, -0.05) is 18.9 Å². The number of hydrogen-bond donors (Lipinski definition) is 3. The molecule has 0 spiro atoms. The first-order chi connectivity index (χ1) is 9.54. The van der Waals surface area contributed by atoms with E-state index in [4.69, 9.17) is 5.11 Å². The summed E-state index contributed by atoms with van der Waals surface area (Å²) in [7, 11) is 0. The summed E-state index contributed by atoms with van der Waals surface area (Å²) < 4.78 is 0. The molecule has 1 saturated carbocycles. The van der Waals surface area contributed by atoms with Crippen LogP contribution in [-0.4, -0.2) is 35.5 Å². The third-order valence-corrected chi connectivity index (χ3v) is 3.41. The van der Waals surface area contributed by atoms with Gasteiger partial charge in [-0.2, -0.15) is 0 Å². The lowest BCUT2D eigenvalue weighted by molar-refractivity contribution is -0.141. The molecule has 1 aliphatic rings. The monoisotopic (exact) mass is 282 g/mol. The summed E-state index contributed by atoms with van der Waals surface area (Å²) in [5, 5.41) is 14.0. The SMILES string of the molecule is C=CCC(NC(=O)CCNC(=O)C1CCCC1)C(=O)O. The Morgan fingerprint density at radius 3 is 2.50 bits per heavy atom. The maximum Gasteiger partial charge on any atom is 0.326 e. The first-order valence-electron chi connectivity index (χ1n) is 6.95. The summed E-state index contributed by atoms with van der Waals surface area (Å²) in [6.45, 7) is 3.69. The van der Waals surface area contributed by atoms with Crippen LogP contribution in [0, 0.1) is 5.92 Å². The summed E-state index contributed by atoms with van der Waals surface area (Å²) in [4.78, 5) is 34.1. The van der Waals surface area contributed by atoms with Crippen molar-refractivity contribution in [3.8, 4) is 0 Å². The fourth-order valence-corrected chi connectivity index (χ4v) is 2.29. The van der Waals surface area contributed by atoms with Gasteiger partial charge >= 0.3 is 5.97 Å². The molecule has 6 nitrogen and oxygen atoms in total. The van der Waals surface area contributed by atoms with Gasteiger partial charge in [0.15, 0.2) is 0 Å². The molecular formula is C14H22N2O4. The Hall–Kier alpha value is -1.85. The van der Waals surface area contributed by atoms with Crippen LogP contribution in [0.1, 0.15) is 38.5 Å². The van der Waals surface area contributed by atoms with Crippen LogP contribution < -0.4 is 10.6 Å². The lowest BCUT2D eigenvalue weighted by Gasteiger charge is -2.13. The van der Waals surface area contributed by atoms with E-state index in [0.29, 0.717) is 0 Å². The Labute approximate surface area is 118 Å². The number of carboxylic acids is 1. The molecule has 0 aliphatic heterocycles. The van der Waals surface area contributed by atoms with E-state index in [-0.39, 0.29) is 37.1 Å². The minimum Gasteiger partial charge on any atom is -0.480 e. The first-order valence-corrected chi connectivity index (χ1v) is 6.95. The Bertz CT molecular complexity index is 375. The third-order valence-electron chi connectivity index (χ3n) is 3.41. The van der Waals surface area contributed by atoms with Crippen molar-refractivity contribution in [1.82, 2.24) is 10.6 Å². The van der Waals surface area contributed by atoms with E-state index in [1.165, 1.54) is 6.08 Å². The highest BCUT2D eigenvalue weighted by Gasteiger charge is 2.22. The summed E-state index contributed by atoms with van der Waals surface area (Å²) >= 11 is 0. The van der Waals surface area contributed by atoms with Crippen LogP contribution in [0.15, 0.2) is 12.7 Å². The molecule has 2 amide bonds. The summed E-state index contributed by atoms with van der Waals surface area (Å²) in [5.41, 5.74) is 0. The Balaban J connectivity index is 2.23. The number of carboxylic acid groups (broad SMARTS) is 1. The van der Waals surface area contributed by atoms with Crippen LogP contribution in [0.25, 0.3) is 0 Å². The average Bonchev–Trinajstić information content (AvgIpc) is 2.91. The molecule has 1 atom stereocenters. The lowest BCUT2D eigenvalue weighted by atomic mass is 10.1. The Kier molecular flexibility index (Phi) is 6.76. The molecule has 0 bridgehead atoms. The van der Waals surface area contributed by atoms with Crippen LogP contribution in [-0.2, 0) is 14.4 Å². The van der Waals surface area contributed by atoms with Crippen molar-refractivity contribution < 1.29 is 19.5 Å². The minimum absolute atomic E-state index is 0.00354. The van der Waals surface area contributed by atoms with Crippen molar-refractivity contribution in [1.29, 1.82) is 0 Å². The predicted octanol–water partition coefficient (Wildman–Crippen LogP) is 0.828. The van der Waals surface area contributed by atoms with E-state index in [0.717, 1.165) is 25.7 Å². The van der Waals surface area contributed by atoms with Gasteiger partial charge in [0, 0.05) is 18.9 Å². The smallest absolute Gasteiger partial charge is 0.326 e. The molecule has 6 heteroatoms. The molecule has 0 aromatic heterocycles. The standard InChI is InChI=1S/C14H22N2O4/c1-2-5-11(14(19)20)16-12(17)8-9-15-13(18)10-6-3-4-7-10/h2,10-11H,1,3-9H2,(H,15,18)(H,16,17)(H,19,20). The second kappa shape index (κ2) is 8.35. The van der Waals surface area contributed by atoms with Gasteiger partial charge in [-0.25, -0.2) is 4.79 Å². The van der Waals surface area contributed by atoms with Gasteiger partial charge < -0.3 is 15.7 Å². The largest absolute Gasteiger partial charge is 0.480 e. The highest BCUT2D eigenvalue weighted by Crippen LogP contribution is 2.24. The van der Waals surface area contributed by atoms with E-state index in [2.05, 4.69) is 17.2 Å². The van der Waals surface area contributed by atoms with Crippen molar-refractivity contribution >= 4 is 17.8 Å². The summed E-state index contributed by atoms with van der Waals surface area (Å²) in [6, 6.07) is -0.953. The summed E-state index contributed by atoms with van der Waals surface area (Å²) in [6.07, 6.45) is 5.70. The molecule has 3 N–H and O–H groups in total. The molecule has 20 heavy (non-hydrogen) atoms. The number of rotatable bonds is 8. The Morgan fingerprint density at radius 1 is 1.30 bits per heavy atom. The van der Waals surface area contributed by atoms with Gasteiger partial charge in [0.1, 0.15) is 6.04 Å². The van der Waals surface area contributed by atoms with Crippen LogP contribution >= 0.6 is 0 Å². The van der Waals surface area contributed by atoms with Crippen molar-refractivity contribution in [2.75, 3.05) is 6.54 Å². The van der Waals surface area contributed by atoms with Crippen molar-refractivity contribution in [3.05, 3.63) is 12.7 Å². The third kappa shape index (κ3) is 5.42. The maximum atomic E-state index is 11.7. The van der Waals surface area contributed by atoms with Crippen molar-refractivity contribution in [2.45, 2.75) is 44.6 Å². The van der Waals surface area contributed by atoms with E-state index >= 15 is 0 Å². The number of hydrogen-bond acceptors (Lipinski definition) is 3. The van der Waals surface area contributed by atoms with Crippen LogP contribution in [0.2, 0.25) is 0 Å². The molecule has 1 rings (SSSR count). The predicted molar refractivity (Wildman–Crippen MR) is 74.0 cm³/mol. The topological polar surface area (TPSA) is 95.5 Å². The highest BCUT2D eigenvalue weighted by atomic mass is 16.4. The van der Waals surface area contributed by atoms with Crippen LogP contribution in [0.4, 0.5) is 0 Å². The van der Waals surface area contributed by atoms with Crippen LogP contribution in [0.5, 0.6) is 0 Å². The second-order valence-electron chi connectivity index (χ2n) is 5.01. The number of carbonyl (C=O) groups is 3. The zero-order valence-electron chi connectivity index (χ0n) is 11.6. The van der Waals surface area contributed by atoms with Gasteiger partial charge in [0.25, 0.3) is 0 Å². The molecule has 0 aromatic rings. The van der Waals surface area contributed by atoms with Gasteiger partial charge in [-0.05, 0) is 19.3 Å².